The number of methoxy groups -OCH3 is 2. The summed E-state index contributed by atoms with van der Waals surface area (Å²) >= 11 is 6.20. The Bertz CT molecular complexity index is 625. The van der Waals surface area contributed by atoms with Gasteiger partial charge >= 0.3 is 0 Å². The fourth-order valence-electron chi connectivity index (χ4n) is 2.40. The van der Waals surface area contributed by atoms with Crippen LogP contribution in [0, 0.1) is 6.92 Å². The van der Waals surface area contributed by atoms with Gasteiger partial charge in [0.25, 0.3) is 0 Å². The molecule has 2 rings (SSSR count). The zero-order valence-electron chi connectivity index (χ0n) is 12.4. The standard InChI is InChI=1S/C17H19ClO3/c1-11-7-8-15(20-2)12(9-11)10-14(19)17-13(18)5-4-6-16(17)21-3/h4-9,14,19H,10H2,1-3H3. The van der Waals surface area contributed by atoms with Gasteiger partial charge in [-0.15, -0.1) is 0 Å². The minimum atomic E-state index is -0.760. The van der Waals surface area contributed by atoms with Gasteiger partial charge in [-0.05, 0) is 30.7 Å². The molecule has 0 aliphatic carbocycles. The summed E-state index contributed by atoms with van der Waals surface area (Å²) in [7, 11) is 3.19. The number of hydrogen-bond acceptors (Lipinski definition) is 3. The third-order valence-electron chi connectivity index (χ3n) is 3.42. The maximum atomic E-state index is 10.6. The van der Waals surface area contributed by atoms with E-state index in [1.54, 1.807) is 32.4 Å². The number of aliphatic hydroxyl groups is 1. The summed E-state index contributed by atoms with van der Waals surface area (Å²) in [4.78, 5) is 0. The molecule has 0 heterocycles. The molecule has 0 aliphatic heterocycles. The molecule has 0 aliphatic rings. The Labute approximate surface area is 130 Å². The van der Waals surface area contributed by atoms with Gasteiger partial charge in [0.05, 0.1) is 25.3 Å². The molecule has 112 valence electrons. The molecule has 1 unspecified atom stereocenters. The van der Waals surface area contributed by atoms with Gasteiger partial charge in [0.2, 0.25) is 0 Å². The lowest BCUT2D eigenvalue weighted by Crippen LogP contribution is -2.06. The van der Waals surface area contributed by atoms with Crippen LogP contribution in [0.15, 0.2) is 36.4 Å². The molecule has 0 bridgehead atoms. The predicted molar refractivity (Wildman–Crippen MR) is 84.4 cm³/mol. The van der Waals surface area contributed by atoms with Gasteiger partial charge in [-0.25, -0.2) is 0 Å². The van der Waals surface area contributed by atoms with Crippen molar-refractivity contribution in [2.45, 2.75) is 19.4 Å². The summed E-state index contributed by atoms with van der Waals surface area (Å²) in [5, 5.41) is 11.1. The second-order valence-electron chi connectivity index (χ2n) is 4.89. The first-order chi connectivity index (χ1) is 10.1. The van der Waals surface area contributed by atoms with Crippen molar-refractivity contribution in [3.05, 3.63) is 58.1 Å². The lowest BCUT2D eigenvalue weighted by atomic mass is 9.98. The summed E-state index contributed by atoms with van der Waals surface area (Å²) in [6.45, 7) is 2.01. The van der Waals surface area contributed by atoms with Crippen LogP contribution in [0.3, 0.4) is 0 Å². The van der Waals surface area contributed by atoms with E-state index in [1.165, 1.54) is 0 Å². The van der Waals surface area contributed by atoms with Crippen LogP contribution in [0.2, 0.25) is 5.02 Å². The molecule has 2 aromatic rings. The number of aliphatic hydroxyl groups excluding tert-OH is 1. The van der Waals surface area contributed by atoms with Crippen LogP contribution in [0.25, 0.3) is 0 Å². The van der Waals surface area contributed by atoms with Crippen LogP contribution in [0.5, 0.6) is 11.5 Å². The van der Waals surface area contributed by atoms with Gasteiger partial charge in [-0.1, -0.05) is 35.4 Å². The van der Waals surface area contributed by atoms with Crippen LogP contribution in [0.1, 0.15) is 22.8 Å². The van der Waals surface area contributed by atoms with Crippen molar-refractivity contribution in [3.8, 4) is 11.5 Å². The minimum absolute atomic E-state index is 0.408. The Morgan fingerprint density at radius 3 is 2.48 bits per heavy atom. The van der Waals surface area contributed by atoms with Gasteiger partial charge in [0.1, 0.15) is 11.5 Å². The van der Waals surface area contributed by atoms with Crippen molar-refractivity contribution in [2.24, 2.45) is 0 Å². The second kappa shape index (κ2) is 6.83. The van der Waals surface area contributed by atoms with Crippen LogP contribution in [0.4, 0.5) is 0 Å². The fourth-order valence-corrected chi connectivity index (χ4v) is 2.69. The van der Waals surface area contributed by atoms with Crippen LogP contribution >= 0.6 is 11.6 Å². The average molecular weight is 307 g/mol. The lowest BCUT2D eigenvalue weighted by molar-refractivity contribution is 0.173. The third kappa shape index (κ3) is 3.49. The number of hydrogen-bond donors (Lipinski definition) is 1. The topological polar surface area (TPSA) is 38.7 Å². The van der Waals surface area contributed by atoms with Gasteiger partial charge < -0.3 is 14.6 Å². The molecular formula is C17H19ClO3. The summed E-state index contributed by atoms with van der Waals surface area (Å²) in [6.07, 6.45) is -0.352. The molecule has 0 radical (unpaired) electrons. The van der Waals surface area contributed by atoms with E-state index in [9.17, 15) is 5.11 Å². The monoisotopic (exact) mass is 306 g/mol. The van der Waals surface area contributed by atoms with Crippen molar-refractivity contribution in [1.29, 1.82) is 0 Å². The highest BCUT2D eigenvalue weighted by molar-refractivity contribution is 6.31. The molecule has 1 atom stereocenters. The highest BCUT2D eigenvalue weighted by Crippen LogP contribution is 2.35. The summed E-state index contributed by atoms with van der Waals surface area (Å²) in [5.74, 6) is 1.34. The maximum absolute atomic E-state index is 10.6. The van der Waals surface area contributed by atoms with E-state index >= 15 is 0 Å². The van der Waals surface area contributed by atoms with E-state index < -0.39 is 6.10 Å². The molecule has 0 aromatic heterocycles. The van der Waals surface area contributed by atoms with Gasteiger partial charge in [0, 0.05) is 12.0 Å². The number of halogens is 1. The Hall–Kier alpha value is -1.71. The maximum Gasteiger partial charge on any atom is 0.126 e. The second-order valence-corrected chi connectivity index (χ2v) is 5.30. The predicted octanol–water partition coefficient (Wildman–Crippen LogP) is 3.94. The molecule has 21 heavy (non-hydrogen) atoms. The molecule has 0 saturated heterocycles. The Kier molecular flexibility index (Phi) is 5.10. The van der Waals surface area contributed by atoms with Crippen LogP contribution in [-0.4, -0.2) is 19.3 Å². The largest absolute Gasteiger partial charge is 0.496 e. The molecule has 3 nitrogen and oxygen atoms in total. The van der Waals surface area contributed by atoms with Crippen molar-refractivity contribution >= 4 is 11.6 Å². The Balaban J connectivity index is 2.34. The fraction of sp³-hybridized carbons (Fsp3) is 0.294. The number of ether oxygens (including phenoxy) is 2. The summed E-state index contributed by atoms with van der Waals surface area (Å²) < 4.78 is 10.6. The molecule has 2 aromatic carbocycles. The normalized spacial score (nSPS) is 12.0. The van der Waals surface area contributed by atoms with Crippen molar-refractivity contribution in [2.75, 3.05) is 14.2 Å². The first-order valence-corrected chi connectivity index (χ1v) is 7.08. The van der Waals surface area contributed by atoms with Crippen molar-refractivity contribution < 1.29 is 14.6 Å². The van der Waals surface area contributed by atoms with Crippen LogP contribution in [-0.2, 0) is 6.42 Å². The zero-order valence-corrected chi connectivity index (χ0v) is 13.1. The van der Waals surface area contributed by atoms with E-state index in [-0.39, 0.29) is 0 Å². The highest BCUT2D eigenvalue weighted by Gasteiger charge is 2.19. The third-order valence-corrected chi connectivity index (χ3v) is 3.74. The lowest BCUT2D eigenvalue weighted by Gasteiger charge is -2.18. The first kappa shape index (κ1) is 15.7. The Morgan fingerprint density at radius 1 is 1.10 bits per heavy atom. The van der Waals surface area contributed by atoms with Gasteiger partial charge in [-0.2, -0.15) is 0 Å². The first-order valence-electron chi connectivity index (χ1n) is 6.70. The highest BCUT2D eigenvalue weighted by atomic mass is 35.5. The quantitative estimate of drug-likeness (QED) is 0.909. The number of aryl methyl sites for hydroxylation is 1. The van der Waals surface area contributed by atoms with Gasteiger partial charge in [0.15, 0.2) is 0 Å². The molecule has 4 heteroatoms. The molecule has 1 N–H and O–H groups in total. The molecule has 0 fully saturated rings. The van der Waals surface area contributed by atoms with Crippen molar-refractivity contribution in [1.82, 2.24) is 0 Å². The molecule has 0 spiro atoms. The summed E-state index contributed by atoms with van der Waals surface area (Å²) in [5.41, 5.74) is 2.65. The molecule has 0 saturated carbocycles. The van der Waals surface area contributed by atoms with E-state index in [4.69, 9.17) is 21.1 Å². The van der Waals surface area contributed by atoms with Crippen molar-refractivity contribution in [3.63, 3.8) is 0 Å². The number of benzene rings is 2. The zero-order chi connectivity index (χ0) is 15.4. The summed E-state index contributed by atoms with van der Waals surface area (Å²) in [6, 6.07) is 11.2. The van der Waals surface area contributed by atoms with Gasteiger partial charge in [-0.3, -0.25) is 0 Å². The smallest absolute Gasteiger partial charge is 0.126 e. The van der Waals surface area contributed by atoms with E-state index in [2.05, 4.69) is 0 Å². The minimum Gasteiger partial charge on any atom is -0.496 e. The average Bonchev–Trinajstić information content (AvgIpc) is 2.47. The molecule has 0 amide bonds. The van der Waals surface area contributed by atoms with E-state index in [1.807, 2.05) is 25.1 Å². The molecular weight excluding hydrogens is 288 g/mol. The Morgan fingerprint density at radius 2 is 1.81 bits per heavy atom. The van der Waals surface area contributed by atoms with E-state index in [0.717, 1.165) is 16.9 Å². The SMILES string of the molecule is COc1ccc(C)cc1CC(O)c1c(Cl)cccc1OC. The number of rotatable bonds is 5. The van der Waals surface area contributed by atoms with E-state index in [0.29, 0.717) is 22.8 Å². The van der Waals surface area contributed by atoms with Crippen LogP contribution < -0.4 is 9.47 Å².